The number of carbonyl (C=O) groups excluding carboxylic acids is 1. The van der Waals surface area contributed by atoms with Gasteiger partial charge in [0.1, 0.15) is 11.3 Å². The molecule has 0 saturated heterocycles. The molecule has 4 rings (SSSR count). The first-order chi connectivity index (χ1) is 15.1. The van der Waals surface area contributed by atoms with Crippen LogP contribution < -0.4 is 9.64 Å². The van der Waals surface area contributed by atoms with E-state index in [1.807, 2.05) is 43.3 Å². The number of fused-ring (bicyclic) bond motifs is 1. The summed E-state index contributed by atoms with van der Waals surface area (Å²) < 4.78 is 6.54. The molecule has 5 nitrogen and oxygen atoms in total. The van der Waals surface area contributed by atoms with Crippen LogP contribution in [-0.4, -0.2) is 23.0 Å². The summed E-state index contributed by atoms with van der Waals surface area (Å²) >= 11 is 1.52. The van der Waals surface area contributed by atoms with Crippen LogP contribution in [0.25, 0.3) is 10.2 Å². The molecule has 0 atom stereocenters. The van der Waals surface area contributed by atoms with Gasteiger partial charge in [-0.15, -0.1) is 0 Å². The van der Waals surface area contributed by atoms with Crippen molar-refractivity contribution in [2.45, 2.75) is 33.2 Å². The fourth-order valence-electron chi connectivity index (χ4n) is 3.48. The van der Waals surface area contributed by atoms with Crippen molar-refractivity contribution in [3.63, 3.8) is 0 Å². The number of ether oxygens (including phenoxy) is 1. The molecule has 2 heterocycles. The summed E-state index contributed by atoms with van der Waals surface area (Å²) in [5.41, 5.74) is 5.12. The molecule has 4 aromatic rings. The predicted octanol–water partition coefficient (Wildman–Crippen LogP) is 5.35. The lowest BCUT2D eigenvalue weighted by molar-refractivity contribution is -0.118. The first kappa shape index (κ1) is 21.0. The van der Waals surface area contributed by atoms with E-state index >= 15 is 0 Å². The van der Waals surface area contributed by atoms with Crippen LogP contribution in [0.1, 0.15) is 29.2 Å². The minimum absolute atomic E-state index is 0.00350. The maximum Gasteiger partial charge on any atom is 0.233 e. The number of nitrogens with zero attached hydrogens (tertiary/aromatic N) is 3. The number of pyridine rings is 1. The molecule has 1 amide bonds. The van der Waals surface area contributed by atoms with Crippen molar-refractivity contribution in [2.24, 2.45) is 0 Å². The van der Waals surface area contributed by atoms with Gasteiger partial charge in [-0.05, 0) is 47.7 Å². The fraction of sp³-hybridized carbons (Fsp3) is 0.240. The van der Waals surface area contributed by atoms with E-state index in [1.54, 1.807) is 24.4 Å². The van der Waals surface area contributed by atoms with Crippen molar-refractivity contribution >= 4 is 32.6 Å². The Morgan fingerprint density at radius 2 is 1.84 bits per heavy atom. The van der Waals surface area contributed by atoms with Crippen LogP contribution in [0.15, 0.2) is 60.9 Å². The number of aryl methyl sites for hydroxylation is 2. The number of hydrogen-bond donors (Lipinski definition) is 0. The van der Waals surface area contributed by atoms with Crippen LogP contribution in [0.5, 0.6) is 5.75 Å². The maximum absolute atomic E-state index is 13.4. The zero-order valence-electron chi connectivity index (χ0n) is 18.0. The smallest absolute Gasteiger partial charge is 0.233 e. The van der Waals surface area contributed by atoms with Gasteiger partial charge in [-0.3, -0.25) is 14.7 Å². The molecule has 0 spiro atoms. The Morgan fingerprint density at radius 1 is 1.06 bits per heavy atom. The van der Waals surface area contributed by atoms with Crippen LogP contribution in [0.2, 0.25) is 0 Å². The highest BCUT2D eigenvalue weighted by Crippen LogP contribution is 2.37. The van der Waals surface area contributed by atoms with Crippen molar-refractivity contribution in [1.82, 2.24) is 9.97 Å². The summed E-state index contributed by atoms with van der Waals surface area (Å²) in [6, 6.07) is 16.0. The average molecular weight is 432 g/mol. The first-order valence-electron chi connectivity index (χ1n) is 10.3. The zero-order chi connectivity index (χ0) is 21.8. The topological polar surface area (TPSA) is 55.3 Å². The van der Waals surface area contributed by atoms with Gasteiger partial charge in [0.05, 0.1) is 24.8 Å². The molecule has 0 aliphatic heterocycles. The van der Waals surface area contributed by atoms with Gasteiger partial charge in [0.2, 0.25) is 5.91 Å². The number of benzene rings is 2. The Labute approximate surface area is 186 Å². The largest absolute Gasteiger partial charge is 0.494 e. The highest BCUT2D eigenvalue weighted by atomic mass is 32.1. The lowest BCUT2D eigenvalue weighted by Gasteiger charge is -2.20. The van der Waals surface area contributed by atoms with Crippen molar-refractivity contribution in [3.8, 4) is 5.75 Å². The fourth-order valence-corrected chi connectivity index (χ4v) is 4.55. The molecule has 0 aliphatic rings. The monoisotopic (exact) mass is 431 g/mol. The third-order valence-electron chi connectivity index (χ3n) is 5.29. The molecule has 0 N–H and O–H groups in total. The van der Waals surface area contributed by atoms with Gasteiger partial charge in [0.15, 0.2) is 5.13 Å². The third-order valence-corrected chi connectivity index (χ3v) is 6.51. The van der Waals surface area contributed by atoms with Crippen LogP contribution in [-0.2, 0) is 24.2 Å². The predicted molar refractivity (Wildman–Crippen MR) is 126 cm³/mol. The van der Waals surface area contributed by atoms with Crippen LogP contribution in [0.4, 0.5) is 5.13 Å². The summed E-state index contributed by atoms with van der Waals surface area (Å²) in [7, 11) is 1.64. The van der Waals surface area contributed by atoms with E-state index in [-0.39, 0.29) is 5.91 Å². The highest BCUT2D eigenvalue weighted by molar-refractivity contribution is 7.22. The maximum atomic E-state index is 13.4. The van der Waals surface area contributed by atoms with E-state index in [0.29, 0.717) is 23.8 Å². The van der Waals surface area contributed by atoms with Gasteiger partial charge in [0.25, 0.3) is 0 Å². The Balaban J connectivity index is 1.71. The van der Waals surface area contributed by atoms with Gasteiger partial charge in [-0.1, -0.05) is 54.7 Å². The third kappa shape index (κ3) is 4.59. The molecule has 0 bridgehead atoms. The number of amides is 1. The van der Waals surface area contributed by atoms with E-state index in [4.69, 9.17) is 9.72 Å². The lowest BCUT2D eigenvalue weighted by Crippen LogP contribution is -2.31. The van der Waals surface area contributed by atoms with E-state index < -0.39 is 0 Å². The Kier molecular flexibility index (Phi) is 6.28. The van der Waals surface area contributed by atoms with Crippen LogP contribution >= 0.6 is 11.3 Å². The molecular formula is C25H25N3O2S. The molecule has 0 radical (unpaired) electrons. The van der Waals surface area contributed by atoms with E-state index in [0.717, 1.165) is 33.3 Å². The molecular weight excluding hydrogens is 406 g/mol. The van der Waals surface area contributed by atoms with Crippen molar-refractivity contribution in [3.05, 3.63) is 83.2 Å². The number of aromatic nitrogens is 2. The molecule has 0 unspecified atom stereocenters. The molecule has 31 heavy (non-hydrogen) atoms. The minimum Gasteiger partial charge on any atom is -0.494 e. The molecule has 158 valence electrons. The number of methoxy groups -OCH3 is 1. The molecule has 6 heteroatoms. The summed E-state index contributed by atoms with van der Waals surface area (Å²) in [5, 5.41) is 0.668. The second-order valence-electron chi connectivity index (χ2n) is 7.45. The van der Waals surface area contributed by atoms with Gasteiger partial charge in [-0.25, -0.2) is 4.98 Å². The number of rotatable bonds is 7. The van der Waals surface area contributed by atoms with Gasteiger partial charge in [0, 0.05) is 12.4 Å². The van der Waals surface area contributed by atoms with Crippen molar-refractivity contribution < 1.29 is 9.53 Å². The first-order valence-corrected chi connectivity index (χ1v) is 11.1. The second-order valence-corrected chi connectivity index (χ2v) is 8.42. The molecule has 0 aliphatic carbocycles. The minimum atomic E-state index is 0.00350. The number of hydrogen-bond acceptors (Lipinski definition) is 5. The quantitative estimate of drug-likeness (QED) is 0.396. The lowest BCUT2D eigenvalue weighted by atomic mass is 10.1. The van der Waals surface area contributed by atoms with Gasteiger partial charge in [-0.2, -0.15) is 0 Å². The molecule has 2 aromatic carbocycles. The van der Waals surface area contributed by atoms with E-state index in [9.17, 15) is 4.79 Å². The number of anilines is 1. The van der Waals surface area contributed by atoms with Crippen LogP contribution in [0.3, 0.4) is 0 Å². The van der Waals surface area contributed by atoms with E-state index in [1.165, 1.54) is 16.9 Å². The second kappa shape index (κ2) is 9.27. The molecule has 2 aromatic heterocycles. The zero-order valence-corrected chi connectivity index (χ0v) is 18.8. The Morgan fingerprint density at radius 3 is 2.52 bits per heavy atom. The van der Waals surface area contributed by atoms with Crippen molar-refractivity contribution in [1.29, 1.82) is 0 Å². The summed E-state index contributed by atoms with van der Waals surface area (Å²) in [5.74, 6) is 0.718. The van der Waals surface area contributed by atoms with Gasteiger partial charge < -0.3 is 4.74 Å². The van der Waals surface area contributed by atoms with Crippen LogP contribution in [0, 0.1) is 6.92 Å². The molecule has 0 fully saturated rings. The molecule has 0 saturated carbocycles. The van der Waals surface area contributed by atoms with E-state index in [2.05, 4.69) is 24.0 Å². The Hall–Kier alpha value is -3.25. The Bertz CT molecular complexity index is 1190. The SMILES string of the molecule is CCc1ccc(CC(=O)N(Cc2cccnc2)c2nc3c(OC)ccc(C)c3s2)cc1. The summed E-state index contributed by atoms with van der Waals surface area (Å²) in [4.78, 5) is 24.2. The number of carbonyl (C=O) groups is 1. The van der Waals surface area contributed by atoms with Gasteiger partial charge >= 0.3 is 0 Å². The summed E-state index contributed by atoms with van der Waals surface area (Å²) in [6.07, 6.45) is 4.82. The summed E-state index contributed by atoms with van der Waals surface area (Å²) in [6.45, 7) is 4.59. The number of thiazole rings is 1. The normalized spacial score (nSPS) is 10.9. The standard InChI is InChI=1S/C25H25N3O2S/c1-4-18-8-10-19(11-9-18)14-22(29)28(16-20-6-5-13-26-15-20)25-27-23-21(30-3)12-7-17(2)24(23)31-25/h5-13,15H,4,14,16H2,1-3H3. The highest BCUT2D eigenvalue weighted by Gasteiger charge is 2.22. The van der Waals surface area contributed by atoms with Crippen molar-refractivity contribution in [2.75, 3.05) is 12.0 Å². The average Bonchev–Trinajstić information content (AvgIpc) is 3.25.